The van der Waals surface area contributed by atoms with Crippen LogP contribution in [0.1, 0.15) is 31.7 Å². The first-order valence-electron chi connectivity index (χ1n) is 7.24. The van der Waals surface area contributed by atoms with Gasteiger partial charge in [-0.15, -0.1) is 0 Å². The molecule has 1 heterocycles. The Morgan fingerprint density at radius 2 is 2.10 bits per heavy atom. The number of methoxy groups -OCH3 is 1. The SMILES string of the molecule is COC(=O)C(CC(C)C)NC(=O)C1CNc2ccccc21. The number of anilines is 1. The molecule has 0 fully saturated rings. The smallest absolute Gasteiger partial charge is 0.328 e. The van der Waals surface area contributed by atoms with E-state index in [-0.39, 0.29) is 11.8 Å². The summed E-state index contributed by atoms with van der Waals surface area (Å²) < 4.78 is 4.78. The van der Waals surface area contributed by atoms with Gasteiger partial charge in [0.25, 0.3) is 0 Å². The van der Waals surface area contributed by atoms with Gasteiger partial charge in [0.05, 0.1) is 13.0 Å². The minimum Gasteiger partial charge on any atom is -0.467 e. The Bertz CT molecular complexity index is 528. The zero-order chi connectivity index (χ0) is 15.4. The van der Waals surface area contributed by atoms with E-state index in [0.717, 1.165) is 11.3 Å². The van der Waals surface area contributed by atoms with Crippen molar-refractivity contribution in [3.8, 4) is 0 Å². The fraction of sp³-hybridized carbons (Fsp3) is 0.500. The van der Waals surface area contributed by atoms with Gasteiger partial charge in [-0.3, -0.25) is 4.79 Å². The first-order valence-corrected chi connectivity index (χ1v) is 7.24. The molecule has 5 heteroatoms. The van der Waals surface area contributed by atoms with Crippen molar-refractivity contribution in [2.24, 2.45) is 5.92 Å². The molecule has 0 saturated carbocycles. The van der Waals surface area contributed by atoms with Gasteiger partial charge >= 0.3 is 5.97 Å². The number of carbonyl (C=O) groups is 2. The number of esters is 1. The molecule has 1 amide bonds. The third-order valence-corrected chi connectivity index (χ3v) is 3.66. The quantitative estimate of drug-likeness (QED) is 0.813. The van der Waals surface area contributed by atoms with E-state index >= 15 is 0 Å². The summed E-state index contributed by atoms with van der Waals surface area (Å²) >= 11 is 0. The average molecular weight is 290 g/mol. The van der Waals surface area contributed by atoms with Crippen molar-refractivity contribution in [2.45, 2.75) is 32.2 Å². The summed E-state index contributed by atoms with van der Waals surface area (Å²) in [6, 6.07) is 7.15. The van der Waals surface area contributed by atoms with Crippen LogP contribution in [0.5, 0.6) is 0 Å². The van der Waals surface area contributed by atoms with E-state index in [1.807, 2.05) is 38.1 Å². The lowest BCUT2D eigenvalue weighted by Gasteiger charge is -2.20. The number of hydrogen-bond donors (Lipinski definition) is 2. The molecule has 0 saturated heterocycles. The highest BCUT2D eigenvalue weighted by atomic mass is 16.5. The second-order valence-corrected chi connectivity index (χ2v) is 5.73. The Morgan fingerprint density at radius 3 is 2.76 bits per heavy atom. The first-order chi connectivity index (χ1) is 10.0. The normalized spacial score (nSPS) is 17.8. The minimum absolute atomic E-state index is 0.136. The van der Waals surface area contributed by atoms with E-state index in [1.165, 1.54) is 7.11 Å². The lowest BCUT2D eigenvalue weighted by atomic mass is 9.98. The maximum atomic E-state index is 12.5. The van der Waals surface area contributed by atoms with Crippen molar-refractivity contribution >= 4 is 17.6 Å². The van der Waals surface area contributed by atoms with Crippen molar-refractivity contribution in [1.82, 2.24) is 5.32 Å². The number of rotatable bonds is 5. The Kier molecular flexibility index (Phi) is 4.83. The molecule has 0 aliphatic carbocycles. The molecule has 0 spiro atoms. The second kappa shape index (κ2) is 6.61. The van der Waals surface area contributed by atoms with E-state index in [4.69, 9.17) is 4.74 Å². The van der Waals surface area contributed by atoms with Gasteiger partial charge in [-0.25, -0.2) is 4.79 Å². The highest BCUT2D eigenvalue weighted by Gasteiger charge is 2.31. The molecule has 2 rings (SSSR count). The van der Waals surface area contributed by atoms with Crippen LogP contribution in [0.2, 0.25) is 0 Å². The summed E-state index contributed by atoms with van der Waals surface area (Å²) in [6.07, 6.45) is 0.570. The monoisotopic (exact) mass is 290 g/mol. The number of ether oxygens (including phenoxy) is 1. The van der Waals surface area contributed by atoms with Gasteiger partial charge in [-0.05, 0) is 24.0 Å². The standard InChI is InChI=1S/C16H22N2O3/c1-10(2)8-14(16(20)21-3)18-15(19)12-9-17-13-7-5-4-6-11(12)13/h4-7,10,12,14,17H,8-9H2,1-3H3,(H,18,19). The van der Waals surface area contributed by atoms with Crippen LogP contribution in [0.15, 0.2) is 24.3 Å². The molecule has 114 valence electrons. The van der Waals surface area contributed by atoms with Gasteiger partial charge in [0.1, 0.15) is 6.04 Å². The lowest BCUT2D eigenvalue weighted by Crippen LogP contribution is -2.44. The first kappa shape index (κ1) is 15.4. The molecule has 5 nitrogen and oxygen atoms in total. The Hall–Kier alpha value is -2.04. The molecule has 2 unspecified atom stereocenters. The molecule has 0 bridgehead atoms. The lowest BCUT2D eigenvalue weighted by molar-refractivity contribution is -0.145. The number of para-hydroxylation sites is 1. The van der Waals surface area contributed by atoms with Crippen LogP contribution < -0.4 is 10.6 Å². The average Bonchev–Trinajstić information content (AvgIpc) is 2.89. The molecule has 1 aromatic carbocycles. The molecular weight excluding hydrogens is 268 g/mol. The number of nitrogens with one attached hydrogen (secondary N) is 2. The largest absolute Gasteiger partial charge is 0.467 e. The van der Waals surface area contributed by atoms with Gasteiger partial charge < -0.3 is 15.4 Å². The summed E-state index contributed by atoms with van der Waals surface area (Å²) in [5, 5.41) is 6.04. The fourth-order valence-electron chi connectivity index (χ4n) is 2.62. The zero-order valence-electron chi connectivity index (χ0n) is 12.7. The Labute approximate surface area is 125 Å². The number of amides is 1. The van der Waals surface area contributed by atoms with Crippen LogP contribution in [0.4, 0.5) is 5.69 Å². The van der Waals surface area contributed by atoms with Gasteiger partial charge in [0, 0.05) is 12.2 Å². The van der Waals surface area contributed by atoms with Crippen LogP contribution in [0, 0.1) is 5.92 Å². The second-order valence-electron chi connectivity index (χ2n) is 5.73. The summed E-state index contributed by atoms with van der Waals surface area (Å²) in [5.41, 5.74) is 1.96. The van der Waals surface area contributed by atoms with E-state index in [9.17, 15) is 9.59 Å². The molecule has 1 aliphatic heterocycles. The van der Waals surface area contributed by atoms with E-state index < -0.39 is 12.0 Å². The topological polar surface area (TPSA) is 67.4 Å². The predicted molar refractivity (Wildman–Crippen MR) is 81.1 cm³/mol. The minimum atomic E-state index is -0.588. The van der Waals surface area contributed by atoms with E-state index in [1.54, 1.807) is 0 Å². The molecule has 0 aromatic heterocycles. The van der Waals surface area contributed by atoms with Gasteiger partial charge in [0.15, 0.2) is 0 Å². The zero-order valence-corrected chi connectivity index (χ0v) is 12.7. The third kappa shape index (κ3) is 3.54. The summed E-state index contributed by atoms with van der Waals surface area (Å²) in [6.45, 7) is 4.57. The molecule has 2 N–H and O–H groups in total. The summed E-state index contributed by atoms with van der Waals surface area (Å²) in [5.74, 6) is -0.497. The van der Waals surface area contributed by atoms with Gasteiger partial charge in [-0.2, -0.15) is 0 Å². The van der Waals surface area contributed by atoms with Gasteiger partial charge in [0.2, 0.25) is 5.91 Å². The molecular formula is C16H22N2O3. The van der Waals surface area contributed by atoms with Crippen molar-refractivity contribution in [1.29, 1.82) is 0 Å². The molecule has 2 atom stereocenters. The number of carbonyl (C=O) groups excluding carboxylic acids is 2. The number of hydrogen-bond acceptors (Lipinski definition) is 4. The van der Waals surface area contributed by atoms with Crippen LogP contribution in [-0.4, -0.2) is 31.6 Å². The van der Waals surface area contributed by atoms with Crippen molar-refractivity contribution in [3.63, 3.8) is 0 Å². The van der Waals surface area contributed by atoms with Crippen LogP contribution in [0.3, 0.4) is 0 Å². The number of benzene rings is 1. The maximum absolute atomic E-state index is 12.5. The van der Waals surface area contributed by atoms with Gasteiger partial charge in [-0.1, -0.05) is 32.0 Å². The molecule has 1 aliphatic rings. The molecule has 21 heavy (non-hydrogen) atoms. The van der Waals surface area contributed by atoms with Crippen molar-refractivity contribution in [3.05, 3.63) is 29.8 Å². The highest BCUT2D eigenvalue weighted by molar-refractivity contribution is 5.91. The van der Waals surface area contributed by atoms with Crippen molar-refractivity contribution in [2.75, 3.05) is 19.0 Å². The maximum Gasteiger partial charge on any atom is 0.328 e. The van der Waals surface area contributed by atoms with E-state index in [0.29, 0.717) is 18.9 Å². The van der Waals surface area contributed by atoms with E-state index in [2.05, 4.69) is 10.6 Å². The van der Waals surface area contributed by atoms with Crippen LogP contribution in [-0.2, 0) is 14.3 Å². The van der Waals surface area contributed by atoms with Crippen LogP contribution >= 0.6 is 0 Å². The van der Waals surface area contributed by atoms with Crippen molar-refractivity contribution < 1.29 is 14.3 Å². The summed E-state index contributed by atoms with van der Waals surface area (Å²) in [4.78, 5) is 24.3. The summed E-state index contributed by atoms with van der Waals surface area (Å²) in [7, 11) is 1.34. The Balaban J connectivity index is 2.08. The Morgan fingerprint density at radius 1 is 1.38 bits per heavy atom. The molecule has 0 radical (unpaired) electrons. The third-order valence-electron chi connectivity index (χ3n) is 3.66. The predicted octanol–water partition coefficient (Wildman–Crippen LogP) is 1.90. The number of fused-ring (bicyclic) bond motifs is 1. The fourth-order valence-corrected chi connectivity index (χ4v) is 2.62. The highest BCUT2D eigenvalue weighted by Crippen LogP contribution is 2.31. The molecule has 1 aromatic rings. The van der Waals surface area contributed by atoms with Crippen LogP contribution in [0.25, 0.3) is 0 Å².